The van der Waals surface area contributed by atoms with Crippen LogP contribution in [0.1, 0.15) is 22.5 Å². The highest BCUT2D eigenvalue weighted by Gasteiger charge is 2.10. The number of hydrogen-bond donors (Lipinski definition) is 1. The number of nitrogens with one attached hydrogen (secondary N) is 1. The van der Waals surface area contributed by atoms with Crippen LogP contribution < -0.4 is 5.32 Å². The molecule has 2 heterocycles. The number of carbonyl (C=O) groups is 1. The minimum absolute atomic E-state index is 0.133. The molecule has 2 aromatic heterocycles. The summed E-state index contributed by atoms with van der Waals surface area (Å²) in [7, 11) is 0. The number of aryl methyl sites for hydroxylation is 3. The maximum atomic E-state index is 13.2. The van der Waals surface area contributed by atoms with Gasteiger partial charge in [-0.3, -0.25) is 4.79 Å². The molecule has 1 aromatic carbocycles. The van der Waals surface area contributed by atoms with Gasteiger partial charge in [-0.1, -0.05) is 23.9 Å². The van der Waals surface area contributed by atoms with Crippen LogP contribution >= 0.6 is 11.8 Å². The molecular weight excluding hydrogens is 341 g/mol. The van der Waals surface area contributed by atoms with E-state index < -0.39 is 0 Å². The third-order valence-electron chi connectivity index (χ3n) is 3.64. The van der Waals surface area contributed by atoms with Crippen LogP contribution in [-0.4, -0.2) is 31.2 Å². The van der Waals surface area contributed by atoms with Gasteiger partial charge in [-0.15, -0.1) is 5.10 Å². The van der Waals surface area contributed by atoms with Gasteiger partial charge in [0.2, 0.25) is 11.1 Å². The van der Waals surface area contributed by atoms with Crippen molar-refractivity contribution in [3.63, 3.8) is 0 Å². The number of carbonyl (C=O) groups excluding carboxylic acids is 1. The number of halogens is 1. The summed E-state index contributed by atoms with van der Waals surface area (Å²) in [5.74, 6) is 0.353. The Hall–Kier alpha value is -2.48. The zero-order valence-electron chi connectivity index (χ0n) is 14.2. The van der Waals surface area contributed by atoms with Gasteiger partial charge in [-0.2, -0.15) is 4.98 Å². The lowest BCUT2D eigenvalue weighted by molar-refractivity contribution is -0.118. The second kappa shape index (κ2) is 7.18. The summed E-state index contributed by atoms with van der Waals surface area (Å²) in [5.41, 5.74) is 3.24. The summed E-state index contributed by atoms with van der Waals surface area (Å²) < 4.78 is 14.9. The van der Waals surface area contributed by atoms with Gasteiger partial charge < -0.3 is 5.32 Å². The highest BCUT2D eigenvalue weighted by molar-refractivity contribution is 7.99. The van der Waals surface area contributed by atoms with E-state index in [2.05, 4.69) is 20.4 Å². The van der Waals surface area contributed by atoms with Gasteiger partial charge in [0, 0.05) is 17.9 Å². The van der Waals surface area contributed by atoms with Crippen LogP contribution in [0, 0.1) is 26.6 Å². The molecule has 3 aromatic rings. The summed E-state index contributed by atoms with van der Waals surface area (Å²) in [4.78, 5) is 20.6. The second-order valence-electron chi connectivity index (χ2n) is 5.79. The van der Waals surface area contributed by atoms with Crippen molar-refractivity contribution in [2.45, 2.75) is 32.5 Å². The molecule has 25 heavy (non-hydrogen) atoms. The number of fused-ring (bicyclic) bond motifs is 1. The van der Waals surface area contributed by atoms with Gasteiger partial charge in [0.1, 0.15) is 5.82 Å². The molecule has 0 unspecified atom stereocenters. The van der Waals surface area contributed by atoms with Crippen molar-refractivity contribution in [3.05, 3.63) is 52.6 Å². The van der Waals surface area contributed by atoms with Gasteiger partial charge in [0.25, 0.3) is 5.78 Å². The summed E-state index contributed by atoms with van der Waals surface area (Å²) >= 11 is 1.25. The summed E-state index contributed by atoms with van der Waals surface area (Å²) in [6, 6.07) is 6.72. The Kier molecular flexibility index (Phi) is 4.98. The van der Waals surface area contributed by atoms with Gasteiger partial charge in [-0.25, -0.2) is 13.9 Å². The van der Waals surface area contributed by atoms with Crippen molar-refractivity contribution < 1.29 is 9.18 Å². The topological polar surface area (TPSA) is 72.2 Å². The van der Waals surface area contributed by atoms with E-state index in [1.165, 1.54) is 17.8 Å². The molecule has 130 valence electrons. The number of benzene rings is 1. The Morgan fingerprint density at radius 3 is 2.80 bits per heavy atom. The van der Waals surface area contributed by atoms with E-state index in [0.29, 0.717) is 23.0 Å². The smallest absolute Gasteiger partial charge is 0.253 e. The summed E-state index contributed by atoms with van der Waals surface area (Å²) in [6.07, 6.45) is 0. The Bertz CT molecular complexity index is 940. The molecule has 3 rings (SSSR count). The molecule has 0 aliphatic rings. The highest BCUT2D eigenvalue weighted by Crippen LogP contribution is 2.15. The average molecular weight is 359 g/mol. The van der Waals surface area contributed by atoms with Crippen molar-refractivity contribution in [1.29, 1.82) is 0 Å². The van der Waals surface area contributed by atoms with Crippen molar-refractivity contribution in [2.24, 2.45) is 0 Å². The SMILES string of the molecule is Cc1cc(C)n2nc(SCC(=O)NCc3ccc(F)c(C)c3)nc2n1. The summed E-state index contributed by atoms with van der Waals surface area (Å²) in [6.45, 7) is 5.89. The van der Waals surface area contributed by atoms with Crippen molar-refractivity contribution in [1.82, 2.24) is 24.9 Å². The second-order valence-corrected chi connectivity index (χ2v) is 6.74. The quantitative estimate of drug-likeness (QED) is 0.709. The fourth-order valence-electron chi connectivity index (χ4n) is 2.41. The van der Waals surface area contributed by atoms with Crippen LogP contribution in [0.5, 0.6) is 0 Å². The number of hydrogen-bond acceptors (Lipinski definition) is 5. The van der Waals surface area contributed by atoms with E-state index in [0.717, 1.165) is 17.0 Å². The molecule has 6 nitrogen and oxygen atoms in total. The lowest BCUT2D eigenvalue weighted by Crippen LogP contribution is -2.24. The molecule has 0 saturated heterocycles. The Morgan fingerprint density at radius 2 is 2.04 bits per heavy atom. The molecular formula is C17H18FN5OS. The molecule has 1 amide bonds. The van der Waals surface area contributed by atoms with Gasteiger partial charge in [0.05, 0.1) is 5.75 Å². The molecule has 0 fully saturated rings. The van der Waals surface area contributed by atoms with Gasteiger partial charge >= 0.3 is 0 Å². The first-order valence-electron chi connectivity index (χ1n) is 7.78. The number of nitrogens with zero attached hydrogens (tertiary/aromatic N) is 4. The first kappa shape index (κ1) is 17.3. The first-order chi connectivity index (χ1) is 11.9. The van der Waals surface area contributed by atoms with Crippen molar-refractivity contribution in [2.75, 3.05) is 5.75 Å². The predicted octanol–water partition coefficient (Wildman–Crippen LogP) is 2.60. The van der Waals surface area contributed by atoms with Crippen LogP contribution in [-0.2, 0) is 11.3 Å². The highest BCUT2D eigenvalue weighted by atomic mass is 32.2. The van der Waals surface area contributed by atoms with Crippen LogP contribution in [0.2, 0.25) is 0 Å². The molecule has 0 aliphatic carbocycles. The summed E-state index contributed by atoms with van der Waals surface area (Å²) in [5, 5.41) is 7.67. The third kappa shape index (κ3) is 4.14. The van der Waals surface area contributed by atoms with Crippen molar-refractivity contribution in [3.8, 4) is 0 Å². The van der Waals surface area contributed by atoms with Gasteiger partial charge in [-0.05, 0) is 44.0 Å². The molecule has 0 saturated carbocycles. The number of thioether (sulfide) groups is 1. The lowest BCUT2D eigenvalue weighted by atomic mass is 10.1. The first-order valence-corrected chi connectivity index (χ1v) is 8.76. The lowest BCUT2D eigenvalue weighted by Gasteiger charge is -2.05. The number of aromatic nitrogens is 4. The Labute approximate surface area is 148 Å². The Balaban J connectivity index is 1.57. The zero-order chi connectivity index (χ0) is 18.0. The number of rotatable bonds is 5. The van der Waals surface area contributed by atoms with Crippen LogP contribution in [0.4, 0.5) is 4.39 Å². The predicted molar refractivity (Wildman–Crippen MR) is 94.0 cm³/mol. The Morgan fingerprint density at radius 1 is 1.24 bits per heavy atom. The van der Waals surface area contributed by atoms with Crippen LogP contribution in [0.15, 0.2) is 29.4 Å². The van der Waals surface area contributed by atoms with E-state index in [1.54, 1.807) is 23.6 Å². The van der Waals surface area contributed by atoms with Crippen LogP contribution in [0.3, 0.4) is 0 Å². The molecule has 0 spiro atoms. The fourth-order valence-corrected chi connectivity index (χ4v) is 3.06. The maximum absolute atomic E-state index is 13.2. The minimum Gasteiger partial charge on any atom is -0.351 e. The van der Waals surface area contributed by atoms with E-state index in [-0.39, 0.29) is 17.5 Å². The zero-order valence-corrected chi connectivity index (χ0v) is 15.0. The molecule has 0 atom stereocenters. The normalized spacial score (nSPS) is 11.0. The third-order valence-corrected chi connectivity index (χ3v) is 4.48. The molecule has 0 radical (unpaired) electrons. The fraction of sp³-hybridized carbons (Fsp3) is 0.294. The molecule has 1 N–H and O–H groups in total. The largest absolute Gasteiger partial charge is 0.351 e. The molecule has 0 bridgehead atoms. The average Bonchev–Trinajstić information content (AvgIpc) is 2.97. The molecule has 8 heteroatoms. The number of amides is 1. The minimum atomic E-state index is -0.248. The van der Waals surface area contributed by atoms with E-state index in [9.17, 15) is 9.18 Å². The van der Waals surface area contributed by atoms with E-state index in [4.69, 9.17) is 0 Å². The van der Waals surface area contributed by atoms with Gasteiger partial charge in [0.15, 0.2) is 0 Å². The monoisotopic (exact) mass is 359 g/mol. The standard InChI is InChI=1S/C17H18FN5OS/c1-10-6-13(4-5-14(10)18)8-19-15(24)9-25-17-21-16-20-11(2)7-12(3)23(16)22-17/h4-7H,8-9H2,1-3H3,(H,19,24). The van der Waals surface area contributed by atoms with Crippen LogP contribution in [0.25, 0.3) is 5.78 Å². The molecule has 0 aliphatic heterocycles. The maximum Gasteiger partial charge on any atom is 0.253 e. The van der Waals surface area contributed by atoms with E-state index >= 15 is 0 Å². The van der Waals surface area contributed by atoms with E-state index in [1.807, 2.05) is 19.9 Å². The van der Waals surface area contributed by atoms with Crippen molar-refractivity contribution >= 4 is 23.4 Å².